The van der Waals surface area contributed by atoms with E-state index in [0.29, 0.717) is 5.02 Å². The fourth-order valence-electron chi connectivity index (χ4n) is 4.40. The Bertz CT molecular complexity index is 1240. The second-order valence-electron chi connectivity index (χ2n) is 8.00. The zero-order chi connectivity index (χ0) is 21.2. The third-order valence-corrected chi connectivity index (χ3v) is 6.22. The molecule has 1 aliphatic heterocycles. The Labute approximate surface area is 185 Å². The fourth-order valence-corrected chi connectivity index (χ4v) is 4.62. The van der Waals surface area contributed by atoms with Gasteiger partial charge in [-0.2, -0.15) is 0 Å². The minimum Gasteiger partial charge on any atom is -0.457 e. The van der Waals surface area contributed by atoms with Crippen molar-refractivity contribution in [1.29, 1.82) is 0 Å². The molecular weight excluding hydrogens is 410 g/mol. The van der Waals surface area contributed by atoms with Crippen molar-refractivity contribution in [3.05, 3.63) is 93.9 Å². The summed E-state index contributed by atoms with van der Waals surface area (Å²) in [5, 5.41) is 0.586. The van der Waals surface area contributed by atoms with Crippen molar-refractivity contribution in [3.63, 3.8) is 0 Å². The molecule has 1 N–H and O–H groups in total. The number of hydrogen-bond donors (Lipinski definition) is 1. The minimum atomic E-state index is -0.0766. The molecule has 1 saturated heterocycles. The van der Waals surface area contributed by atoms with E-state index in [-0.39, 0.29) is 11.7 Å². The van der Waals surface area contributed by atoms with Gasteiger partial charge in [-0.1, -0.05) is 48.0 Å². The SMILES string of the molecule is O=c1[nH]c2c(Cl)cccc2n1C1CCN(Cc2cccc(Oc3ccccc3)c2)CC1. The third-order valence-electron chi connectivity index (χ3n) is 5.91. The molecule has 0 saturated carbocycles. The maximum absolute atomic E-state index is 12.6. The smallest absolute Gasteiger partial charge is 0.326 e. The van der Waals surface area contributed by atoms with E-state index in [1.807, 2.05) is 65.2 Å². The van der Waals surface area contributed by atoms with Crippen molar-refractivity contribution >= 4 is 22.6 Å². The molecule has 0 unspecified atom stereocenters. The molecule has 1 aromatic heterocycles. The van der Waals surface area contributed by atoms with Crippen LogP contribution in [0.3, 0.4) is 0 Å². The van der Waals surface area contributed by atoms with Crippen LogP contribution in [0.15, 0.2) is 77.6 Å². The van der Waals surface area contributed by atoms with Gasteiger partial charge in [0.2, 0.25) is 0 Å². The van der Waals surface area contributed by atoms with E-state index in [2.05, 4.69) is 22.0 Å². The van der Waals surface area contributed by atoms with Crippen LogP contribution in [0.5, 0.6) is 11.5 Å². The number of H-pyrrole nitrogens is 1. The first-order valence-electron chi connectivity index (χ1n) is 10.6. The molecule has 5 rings (SSSR count). The van der Waals surface area contributed by atoms with Gasteiger partial charge in [0.25, 0.3) is 0 Å². The Kier molecular flexibility index (Phi) is 5.53. The molecular formula is C25H24ClN3O2. The lowest BCUT2D eigenvalue weighted by atomic mass is 10.0. The quantitative estimate of drug-likeness (QED) is 0.445. The van der Waals surface area contributed by atoms with Crippen LogP contribution in [0.2, 0.25) is 5.02 Å². The van der Waals surface area contributed by atoms with E-state index < -0.39 is 0 Å². The Morgan fingerprint density at radius 1 is 0.935 bits per heavy atom. The van der Waals surface area contributed by atoms with Crippen LogP contribution in [0, 0.1) is 0 Å². The number of likely N-dealkylation sites (tertiary alicyclic amines) is 1. The van der Waals surface area contributed by atoms with Crippen molar-refractivity contribution in [2.45, 2.75) is 25.4 Å². The lowest BCUT2D eigenvalue weighted by molar-refractivity contribution is 0.180. The number of piperidine rings is 1. The molecule has 0 aliphatic carbocycles. The Morgan fingerprint density at radius 3 is 2.48 bits per heavy atom. The first-order chi connectivity index (χ1) is 15.2. The molecule has 5 nitrogen and oxygen atoms in total. The molecule has 0 amide bonds. The van der Waals surface area contributed by atoms with Gasteiger partial charge < -0.3 is 9.72 Å². The number of hydrogen-bond acceptors (Lipinski definition) is 3. The maximum atomic E-state index is 12.6. The predicted molar refractivity (Wildman–Crippen MR) is 124 cm³/mol. The van der Waals surface area contributed by atoms with E-state index in [1.54, 1.807) is 0 Å². The average molecular weight is 434 g/mol. The summed E-state index contributed by atoms with van der Waals surface area (Å²) in [6.45, 7) is 2.75. The van der Waals surface area contributed by atoms with Crippen molar-refractivity contribution < 1.29 is 4.74 Å². The molecule has 1 fully saturated rings. The Hall–Kier alpha value is -3.02. The molecule has 0 atom stereocenters. The van der Waals surface area contributed by atoms with Gasteiger partial charge in [-0.05, 0) is 54.8 Å². The molecule has 158 valence electrons. The number of ether oxygens (including phenoxy) is 1. The van der Waals surface area contributed by atoms with Crippen LogP contribution >= 0.6 is 11.6 Å². The monoisotopic (exact) mass is 433 g/mol. The van der Waals surface area contributed by atoms with Crippen LogP contribution < -0.4 is 10.4 Å². The predicted octanol–water partition coefficient (Wildman–Crippen LogP) is 5.61. The normalized spacial score (nSPS) is 15.4. The summed E-state index contributed by atoms with van der Waals surface area (Å²) in [7, 11) is 0. The van der Waals surface area contributed by atoms with Crippen molar-refractivity contribution in [2.24, 2.45) is 0 Å². The van der Waals surface area contributed by atoms with Crippen LogP contribution in [-0.4, -0.2) is 27.5 Å². The summed E-state index contributed by atoms with van der Waals surface area (Å²) in [5.74, 6) is 1.69. The lowest BCUT2D eigenvalue weighted by Crippen LogP contribution is -2.36. The van der Waals surface area contributed by atoms with Gasteiger partial charge in [-0.3, -0.25) is 9.47 Å². The second-order valence-corrected chi connectivity index (χ2v) is 8.41. The van der Waals surface area contributed by atoms with E-state index in [9.17, 15) is 4.79 Å². The molecule has 31 heavy (non-hydrogen) atoms. The fraction of sp³-hybridized carbons (Fsp3) is 0.240. The van der Waals surface area contributed by atoms with Crippen molar-refractivity contribution in [1.82, 2.24) is 14.5 Å². The maximum Gasteiger partial charge on any atom is 0.326 e. The van der Waals surface area contributed by atoms with E-state index in [1.165, 1.54) is 5.56 Å². The van der Waals surface area contributed by atoms with Crippen LogP contribution in [-0.2, 0) is 6.54 Å². The first-order valence-corrected chi connectivity index (χ1v) is 11.0. The second kappa shape index (κ2) is 8.61. The highest BCUT2D eigenvalue weighted by atomic mass is 35.5. The molecule has 1 aliphatic rings. The van der Waals surface area contributed by atoms with E-state index in [4.69, 9.17) is 16.3 Å². The van der Waals surface area contributed by atoms with Crippen LogP contribution in [0.1, 0.15) is 24.4 Å². The Morgan fingerprint density at radius 2 is 1.68 bits per heavy atom. The summed E-state index contributed by atoms with van der Waals surface area (Å²) >= 11 is 6.26. The van der Waals surface area contributed by atoms with Gasteiger partial charge in [0.05, 0.1) is 16.1 Å². The number of imidazole rings is 1. The zero-order valence-electron chi connectivity index (χ0n) is 17.1. The number of halogens is 1. The molecule has 0 radical (unpaired) electrons. The molecule has 2 heterocycles. The van der Waals surface area contributed by atoms with Gasteiger partial charge in [0.15, 0.2) is 0 Å². The number of aromatic amines is 1. The van der Waals surface area contributed by atoms with Gasteiger partial charge in [0.1, 0.15) is 11.5 Å². The highest BCUT2D eigenvalue weighted by molar-refractivity contribution is 6.34. The number of rotatable bonds is 5. The Balaban J connectivity index is 1.25. The summed E-state index contributed by atoms with van der Waals surface area (Å²) < 4.78 is 7.85. The molecule has 3 aromatic carbocycles. The zero-order valence-corrected chi connectivity index (χ0v) is 17.9. The summed E-state index contributed by atoms with van der Waals surface area (Å²) in [5.41, 5.74) is 2.77. The molecule has 6 heteroatoms. The number of nitrogens with one attached hydrogen (secondary N) is 1. The highest BCUT2D eigenvalue weighted by Gasteiger charge is 2.24. The summed E-state index contributed by atoms with van der Waals surface area (Å²) in [6.07, 6.45) is 1.86. The minimum absolute atomic E-state index is 0.0766. The van der Waals surface area contributed by atoms with Gasteiger partial charge >= 0.3 is 5.69 Å². The number of nitrogens with zero attached hydrogens (tertiary/aromatic N) is 2. The number of aromatic nitrogens is 2. The van der Waals surface area contributed by atoms with Gasteiger partial charge in [-0.25, -0.2) is 4.79 Å². The topological polar surface area (TPSA) is 50.3 Å². The van der Waals surface area contributed by atoms with Crippen molar-refractivity contribution in [2.75, 3.05) is 13.1 Å². The van der Waals surface area contributed by atoms with Crippen LogP contribution in [0.4, 0.5) is 0 Å². The van der Waals surface area contributed by atoms with E-state index in [0.717, 1.165) is 55.0 Å². The highest BCUT2D eigenvalue weighted by Crippen LogP contribution is 2.29. The first kappa shape index (κ1) is 19.9. The molecule has 0 spiro atoms. The molecule has 4 aromatic rings. The van der Waals surface area contributed by atoms with Crippen LogP contribution in [0.25, 0.3) is 11.0 Å². The number of fused-ring (bicyclic) bond motifs is 1. The van der Waals surface area contributed by atoms with Gasteiger partial charge in [0, 0.05) is 25.7 Å². The number of benzene rings is 3. The summed E-state index contributed by atoms with van der Waals surface area (Å²) in [4.78, 5) is 17.9. The largest absolute Gasteiger partial charge is 0.457 e. The van der Waals surface area contributed by atoms with Gasteiger partial charge in [-0.15, -0.1) is 0 Å². The standard InChI is InChI=1S/C25H24ClN3O2/c26-22-10-5-11-23-24(22)27-25(30)29(23)19-12-14-28(15-13-19)17-18-6-4-9-21(16-18)31-20-7-2-1-3-8-20/h1-11,16,19H,12-15,17H2,(H,27,30). The van der Waals surface area contributed by atoms with E-state index >= 15 is 0 Å². The lowest BCUT2D eigenvalue weighted by Gasteiger charge is -2.32. The molecule has 0 bridgehead atoms. The van der Waals surface area contributed by atoms with Crippen molar-refractivity contribution in [3.8, 4) is 11.5 Å². The third kappa shape index (κ3) is 4.24. The number of para-hydroxylation sites is 2. The average Bonchev–Trinajstić information content (AvgIpc) is 3.13. The summed E-state index contributed by atoms with van der Waals surface area (Å²) in [6, 6.07) is 23.9.